The third-order valence-electron chi connectivity index (χ3n) is 8.08. The average Bonchev–Trinajstić information content (AvgIpc) is 2.95. The SMILES string of the molecule is CC(CCCCC(C)CCCC(C)CCC(=O)NCCNC(=O)OCc1ccccc1)CCCC(C)CCC(=O)O. The fourth-order valence-electron chi connectivity index (χ4n) is 5.17. The van der Waals surface area contributed by atoms with E-state index in [4.69, 9.17) is 9.84 Å². The molecule has 0 bridgehead atoms. The number of carboxylic acid groups (broad SMARTS) is 1. The molecule has 0 fully saturated rings. The lowest BCUT2D eigenvalue weighted by Crippen LogP contribution is -2.34. The van der Waals surface area contributed by atoms with Crippen LogP contribution < -0.4 is 10.6 Å². The van der Waals surface area contributed by atoms with Gasteiger partial charge in [-0.1, -0.05) is 122 Å². The van der Waals surface area contributed by atoms with E-state index in [1.165, 1.54) is 51.4 Å². The van der Waals surface area contributed by atoms with Crippen molar-refractivity contribution < 1.29 is 24.2 Å². The Morgan fingerprint density at radius 3 is 1.66 bits per heavy atom. The van der Waals surface area contributed by atoms with E-state index >= 15 is 0 Å². The van der Waals surface area contributed by atoms with Gasteiger partial charge in [-0.2, -0.15) is 0 Å². The third-order valence-corrected chi connectivity index (χ3v) is 8.08. The molecule has 7 heteroatoms. The summed E-state index contributed by atoms with van der Waals surface area (Å²) in [6.07, 6.45) is 14.5. The van der Waals surface area contributed by atoms with E-state index in [0.717, 1.165) is 43.1 Å². The fraction of sp³-hybridized carbons (Fsp3) is 0.735. The van der Waals surface area contributed by atoms with Gasteiger partial charge in [0.15, 0.2) is 0 Å². The summed E-state index contributed by atoms with van der Waals surface area (Å²) in [7, 11) is 0. The quantitative estimate of drug-likeness (QED) is 0.108. The Bertz CT molecular complexity index is 832. The van der Waals surface area contributed by atoms with E-state index < -0.39 is 12.1 Å². The Kier molecular flexibility index (Phi) is 20.5. The van der Waals surface area contributed by atoms with E-state index in [0.29, 0.717) is 37.8 Å². The van der Waals surface area contributed by atoms with E-state index in [1.807, 2.05) is 30.3 Å². The van der Waals surface area contributed by atoms with Gasteiger partial charge in [0.2, 0.25) is 5.91 Å². The zero-order valence-electron chi connectivity index (χ0n) is 26.3. The topological polar surface area (TPSA) is 105 Å². The highest BCUT2D eigenvalue weighted by molar-refractivity contribution is 5.75. The lowest BCUT2D eigenvalue weighted by molar-refractivity contribution is -0.137. The summed E-state index contributed by atoms with van der Waals surface area (Å²) in [6, 6.07) is 9.52. The van der Waals surface area contributed by atoms with E-state index in [1.54, 1.807) is 0 Å². The molecule has 0 aliphatic heterocycles. The Labute approximate surface area is 249 Å². The number of hydrogen-bond donors (Lipinski definition) is 3. The maximum atomic E-state index is 12.1. The number of carbonyl (C=O) groups excluding carboxylic acids is 2. The number of alkyl carbamates (subject to hydrolysis) is 1. The fourth-order valence-corrected chi connectivity index (χ4v) is 5.17. The standard InChI is InChI=1S/C34H58N2O5/c1-27(12-8-9-13-28(2)15-11-17-30(4)21-23-33(38)39)14-10-16-29(3)20-22-32(37)35-24-25-36-34(40)41-26-31-18-6-5-7-19-31/h5-7,18-19,27-30H,8-17,20-26H2,1-4H3,(H,35,37)(H,36,40)(H,38,39). The summed E-state index contributed by atoms with van der Waals surface area (Å²) in [5.41, 5.74) is 0.936. The summed E-state index contributed by atoms with van der Waals surface area (Å²) < 4.78 is 5.16. The Balaban J connectivity index is 1.96. The smallest absolute Gasteiger partial charge is 0.407 e. The predicted molar refractivity (Wildman–Crippen MR) is 167 cm³/mol. The zero-order valence-corrected chi connectivity index (χ0v) is 26.3. The van der Waals surface area contributed by atoms with Crippen LogP contribution in [0.4, 0.5) is 4.79 Å². The number of rotatable bonds is 24. The van der Waals surface area contributed by atoms with Crippen LogP contribution in [-0.4, -0.2) is 36.2 Å². The van der Waals surface area contributed by atoms with Crippen LogP contribution in [0.1, 0.15) is 123 Å². The summed E-state index contributed by atoms with van der Waals surface area (Å²) >= 11 is 0. The van der Waals surface area contributed by atoms with Crippen LogP contribution in [0.3, 0.4) is 0 Å². The second kappa shape index (κ2) is 23.0. The van der Waals surface area contributed by atoms with Crippen molar-refractivity contribution in [2.45, 2.75) is 124 Å². The molecule has 0 heterocycles. The van der Waals surface area contributed by atoms with Crippen LogP contribution in [0.2, 0.25) is 0 Å². The van der Waals surface area contributed by atoms with E-state index in [-0.39, 0.29) is 12.5 Å². The first-order chi connectivity index (χ1) is 19.7. The second-order valence-corrected chi connectivity index (χ2v) is 12.4. The molecule has 4 unspecified atom stereocenters. The highest BCUT2D eigenvalue weighted by Gasteiger charge is 2.11. The van der Waals surface area contributed by atoms with Gasteiger partial charge in [-0.3, -0.25) is 9.59 Å². The van der Waals surface area contributed by atoms with E-state index in [9.17, 15) is 14.4 Å². The molecule has 2 amide bonds. The van der Waals surface area contributed by atoms with Crippen molar-refractivity contribution in [1.29, 1.82) is 0 Å². The van der Waals surface area contributed by atoms with Gasteiger partial charge in [-0.15, -0.1) is 0 Å². The number of aliphatic carboxylic acids is 1. The van der Waals surface area contributed by atoms with Crippen molar-refractivity contribution in [2.75, 3.05) is 13.1 Å². The molecule has 0 aromatic heterocycles. The normalized spacial score (nSPS) is 14.0. The third kappa shape index (κ3) is 21.8. The van der Waals surface area contributed by atoms with Crippen molar-refractivity contribution >= 4 is 18.0 Å². The van der Waals surface area contributed by atoms with Gasteiger partial charge < -0.3 is 20.5 Å². The minimum atomic E-state index is -0.684. The van der Waals surface area contributed by atoms with Crippen molar-refractivity contribution in [2.24, 2.45) is 23.7 Å². The minimum absolute atomic E-state index is 0.0339. The molecule has 1 aromatic rings. The van der Waals surface area contributed by atoms with Crippen LogP contribution in [0.5, 0.6) is 0 Å². The first-order valence-corrected chi connectivity index (χ1v) is 16.1. The van der Waals surface area contributed by atoms with Gasteiger partial charge in [0.25, 0.3) is 0 Å². The first kappa shape index (κ1) is 36.5. The molecule has 7 nitrogen and oxygen atoms in total. The number of unbranched alkanes of at least 4 members (excludes halogenated alkanes) is 1. The Hall–Kier alpha value is -2.57. The molecule has 0 saturated heterocycles. The van der Waals surface area contributed by atoms with Crippen molar-refractivity contribution in [3.8, 4) is 0 Å². The number of nitrogens with one attached hydrogen (secondary N) is 2. The number of carbonyl (C=O) groups is 3. The predicted octanol–water partition coefficient (Wildman–Crippen LogP) is 8.12. The van der Waals surface area contributed by atoms with Crippen LogP contribution in [0.25, 0.3) is 0 Å². The summed E-state index contributed by atoms with van der Waals surface area (Å²) in [4.78, 5) is 34.6. The summed E-state index contributed by atoms with van der Waals surface area (Å²) in [6.45, 7) is 10.1. The zero-order chi connectivity index (χ0) is 30.3. The van der Waals surface area contributed by atoms with Crippen LogP contribution in [-0.2, 0) is 20.9 Å². The number of amides is 2. The lowest BCUT2D eigenvalue weighted by Gasteiger charge is -2.16. The number of carboxylic acids is 1. The average molecular weight is 575 g/mol. The molecule has 0 saturated carbocycles. The number of hydrogen-bond acceptors (Lipinski definition) is 4. The number of ether oxygens (including phenoxy) is 1. The van der Waals surface area contributed by atoms with Gasteiger partial charge in [0.1, 0.15) is 6.61 Å². The molecule has 0 aliphatic carbocycles. The van der Waals surface area contributed by atoms with Crippen molar-refractivity contribution in [3.63, 3.8) is 0 Å². The maximum Gasteiger partial charge on any atom is 0.407 e. The highest BCUT2D eigenvalue weighted by atomic mass is 16.5. The molecule has 3 N–H and O–H groups in total. The molecule has 1 rings (SSSR count). The molecule has 4 atom stereocenters. The van der Waals surface area contributed by atoms with Gasteiger partial charge in [0.05, 0.1) is 0 Å². The second-order valence-electron chi connectivity index (χ2n) is 12.4. The van der Waals surface area contributed by atoms with Gasteiger partial charge >= 0.3 is 12.1 Å². The highest BCUT2D eigenvalue weighted by Crippen LogP contribution is 2.23. The lowest BCUT2D eigenvalue weighted by atomic mass is 9.90. The molecular formula is C34H58N2O5. The molecular weight excluding hydrogens is 516 g/mol. The summed E-state index contributed by atoms with van der Waals surface area (Å²) in [5.74, 6) is 1.90. The molecule has 0 radical (unpaired) electrons. The Morgan fingerprint density at radius 2 is 1.12 bits per heavy atom. The molecule has 0 spiro atoms. The maximum absolute atomic E-state index is 12.1. The van der Waals surface area contributed by atoms with Crippen LogP contribution >= 0.6 is 0 Å². The first-order valence-electron chi connectivity index (χ1n) is 16.1. The molecule has 234 valence electrons. The molecule has 0 aliphatic rings. The molecule has 1 aromatic carbocycles. The van der Waals surface area contributed by atoms with Crippen molar-refractivity contribution in [3.05, 3.63) is 35.9 Å². The van der Waals surface area contributed by atoms with Crippen LogP contribution in [0, 0.1) is 23.7 Å². The Morgan fingerprint density at radius 1 is 0.659 bits per heavy atom. The number of benzene rings is 1. The molecule has 41 heavy (non-hydrogen) atoms. The largest absolute Gasteiger partial charge is 0.481 e. The van der Waals surface area contributed by atoms with Crippen molar-refractivity contribution in [1.82, 2.24) is 10.6 Å². The summed E-state index contributed by atoms with van der Waals surface area (Å²) in [5, 5.41) is 14.3. The van der Waals surface area contributed by atoms with Gasteiger partial charge in [-0.25, -0.2) is 4.79 Å². The minimum Gasteiger partial charge on any atom is -0.481 e. The van der Waals surface area contributed by atoms with Crippen LogP contribution in [0.15, 0.2) is 30.3 Å². The monoisotopic (exact) mass is 574 g/mol. The van der Waals surface area contributed by atoms with E-state index in [2.05, 4.69) is 38.3 Å². The van der Waals surface area contributed by atoms with Gasteiger partial charge in [-0.05, 0) is 42.1 Å². The van der Waals surface area contributed by atoms with Gasteiger partial charge in [0, 0.05) is 25.9 Å².